The van der Waals surface area contributed by atoms with E-state index in [0.29, 0.717) is 12.3 Å². The van der Waals surface area contributed by atoms with Crippen molar-refractivity contribution in [1.82, 2.24) is 0 Å². The van der Waals surface area contributed by atoms with Gasteiger partial charge < -0.3 is 5.32 Å². The smallest absolute Gasteiger partial charge is 0.225 e. The number of amides is 1. The molecule has 2 nitrogen and oxygen atoms in total. The summed E-state index contributed by atoms with van der Waals surface area (Å²) in [6.45, 7) is 18.2. The minimum Gasteiger partial charge on any atom is -0.325 e. The zero-order chi connectivity index (χ0) is 25.1. The molecule has 0 radical (unpaired) electrons. The minimum atomic E-state index is 0.121. The zero-order valence-electron chi connectivity index (χ0n) is 21.9. The maximum absolute atomic E-state index is 12.9. The Morgan fingerprint density at radius 3 is 2.68 bits per heavy atom. The number of benzene rings is 1. The first-order chi connectivity index (χ1) is 16.3. The van der Waals surface area contributed by atoms with Crippen LogP contribution in [0.3, 0.4) is 0 Å². The molecule has 2 heteroatoms. The molecule has 182 valence electrons. The van der Waals surface area contributed by atoms with E-state index < -0.39 is 0 Å². The molecule has 1 aromatic rings. The predicted octanol–water partition coefficient (Wildman–Crippen LogP) is 9.30. The number of carbonyl (C=O) groups excluding carboxylic acids is 1. The molecule has 2 atom stereocenters. The molecule has 0 spiro atoms. The fourth-order valence-electron chi connectivity index (χ4n) is 5.13. The maximum Gasteiger partial charge on any atom is 0.225 e. The third-order valence-electron chi connectivity index (χ3n) is 6.86. The van der Waals surface area contributed by atoms with Crippen LogP contribution in [0.25, 0.3) is 11.6 Å². The maximum atomic E-state index is 12.9. The van der Waals surface area contributed by atoms with Gasteiger partial charge >= 0.3 is 0 Å². The van der Waals surface area contributed by atoms with Crippen molar-refractivity contribution in [3.05, 3.63) is 90.1 Å². The average molecular weight is 458 g/mol. The lowest BCUT2D eigenvalue weighted by Crippen LogP contribution is -2.25. The highest BCUT2D eigenvalue weighted by atomic mass is 16.1. The van der Waals surface area contributed by atoms with Gasteiger partial charge in [0.15, 0.2) is 0 Å². The van der Waals surface area contributed by atoms with E-state index in [9.17, 15) is 4.79 Å². The van der Waals surface area contributed by atoms with Gasteiger partial charge in [-0.2, -0.15) is 0 Å². The number of rotatable bonds is 8. The molecule has 1 amide bonds. The monoisotopic (exact) mass is 457 g/mol. The van der Waals surface area contributed by atoms with Crippen LogP contribution in [-0.2, 0) is 4.79 Å². The number of allylic oxidation sites excluding steroid dienone is 9. The molecule has 0 aliphatic heterocycles. The number of carbonyl (C=O) groups is 1. The van der Waals surface area contributed by atoms with Crippen LogP contribution in [0.4, 0.5) is 5.69 Å². The Balaban J connectivity index is 0.000000387. The Bertz CT molecular complexity index is 1000. The van der Waals surface area contributed by atoms with E-state index in [-0.39, 0.29) is 11.3 Å². The third kappa shape index (κ3) is 7.32. The molecule has 0 aromatic heterocycles. The van der Waals surface area contributed by atoms with Gasteiger partial charge in [0, 0.05) is 23.1 Å². The van der Waals surface area contributed by atoms with Crippen LogP contribution in [-0.4, -0.2) is 5.91 Å². The summed E-state index contributed by atoms with van der Waals surface area (Å²) in [6.07, 6.45) is 20.6. The standard InChI is InChI=1S/C23H29NO.C9H14/c1-5-8-20-19(16(2)3)10-6-11-21(20)24-22(25)15-23-12-7-9-18(23)13-17(4)14-23;1-4-6-7-8-9(3)5-2/h5-6,8-11,17H,2,7,12-15H2,1,3-4H3,(H,24,25);4,6-8H,1,5H2,2-3H3/b8-5-;7-6-,9-8+. The molecule has 2 aliphatic rings. The normalized spacial score (nSPS) is 21.7. The molecular weight excluding hydrogens is 414 g/mol. The third-order valence-corrected chi connectivity index (χ3v) is 6.86. The molecule has 1 saturated carbocycles. The van der Waals surface area contributed by atoms with E-state index in [1.165, 1.54) is 17.6 Å². The summed E-state index contributed by atoms with van der Waals surface area (Å²) in [7, 11) is 0. The molecule has 0 saturated heterocycles. The summed E-state index contributed by atoms with van der Waals surface area (Å²) >= 11 is 0. The van der Waals surface area contributed by atoms with Gasteiger partial charge in [-0.3, -0.25) is 4.79 Å². The number of hydrogen-bond donors (Lipinski definition) is 1. The molecule has 0 bridgehead atoms. The lowest BCUT2D eigenvalue weighted by atomic mass is 9.79. The van der Waals surface area contributed by atoms with E-state index in [1.807, 2.05) is 44.2 Å². The minimum absolute atomic E-state index is 0.121. The SMILES string of the molecule is C=C(C)c1cccc(NC(=O)CC23CCC=C2CC(C)C3)c1/C=C\C.C=C/C=C\C=C(/C)CC. The molecule has 3 rings (SSSR count). The first-order valence-corrected chi connectivity index (χ1v) is 12.6. The van der Waals surface area contributed by atoms with E-state index in [2.05, 4.69) is 63.5 Å². The Kier molecular flexibility index (Phi) is 10.6. The predicted molar refractivity (Wildman–Crippen MR) is 151 cm³/mol. The van der Waals surface area contributed by atoms with Crippen molar-refractivity contribution in [3.8, 4) is 0 Å². The highest BCUT2D eigenvalue weighted by molar-refractivity contribution is 5.95. The Morgan fingerprint density at radius 2 is 2.03 bits per heavy atom. The van der Waals surface area contributed by atoms with Gasteiger partial charge in [0.25, 0.3) is 0 Å². The van der Waals surface area contributed by atoms with Crippen LogP contribution in [0, 0.1) is 11.3 Å². The van der Waals surface area contributed by atoms with Gasteiger partial charge in [0.1, 0.15) is 0 Å². The second-order valence-electron chi connectivity index (χ2n) is 9.82. The van der Waals surface area contributed by atoms with Crippen LogP contribution in [0.15, 0.2) is 79.0 Å². The van der Waals surface area contributed by atoms with Crippen molar-refractivity contribution in [2.75, 3.05) is 5.32 Å². The van der Waals surface area contributed by atoms with E-state index in [0.717, 1.165) is 48.1 Å². The van der Waals surface area contributed by atoms with Crippen LogP contribution in [0.2, 0.25) is 0 Å². The molecule has 1 N–H and O–H groups in total. The second kappa shape index (κ2) is 13.1. The number of nitrogens with one attached hydrogen (secondary N) is 1. The summed E-state index contributed by atoms with van der Waals surface area (Å²) in [4.78, 5) is 12.9. The van der Waals surface area contributed by atoms with Crippen molar-refractivity contribution in [1.29, 1.82) is 0 Å². The van der Waals surface area contributed by atoms with Gasteiger partial charge in [-0.1, -0.05) is 98.4 Å². The Morgan fingerprint density at radius 1 is 1.26 bits per heavy atom. The van der Waals surface area contributed by atoms with Crippen LogP contribution in [0.5, 0.6) is 0 Å². The summed E-state index contributed by atoms with van der Waals surface area (Å²) in [5.41, 5.74) is 7.07. The highest BCUT2D eigenvalue weighted by Gasteiger charge is 2.44. The van der Waals surface area contributed by atoms with Crippen molar-refractivity contribution in [2.45, 2.75) is 73.1 Å². The van der Waals surface area contributed by atoms with Crippen molar-refractivity contribution in [2.24, 2.45) is 11.3 Å². The molecule has 2 aliphatic carbocycles. The van der Waals surface area contributed by atoms with Crippen LogP contribution >= 0.6 is 0 Å². The average Bonchev–Trinajstić information content (AvgIpc) is 3.30. The van der Waals surface area contributed by atoms with Crippen molar-refractivity contribution in [3.63, 3.8) is 0 Å². The summed E-state index contributed by atoms with van der Waals surface area (Å²) in [5, 5.41) is 3.18. The van der Waals surface area contributed by atoms with Gasteiger partial charge in [-0.25, -0.2) is 0 Å². The lowest BCUT2D eigenvalue weighted by Gasteiger charge is -2.27. The Labute approximate surface area is 207 Å². The van der Waals surface area contributed by atoms with Crippen LogP contribution in [0.1, 0.15) is 84.3 Å². The van der Waals surface area contributed by atoms with E-state index in [1.54, 1.807) is 6.08 Å². The molecule has 2 unspecified atom stereocenters. The fourth-order valence-corrected chi connectivity index (χ4v) is 5.13. The molecule has 1 fully saturated rings. The molecule has 34 heavy (non-hydrogen) atoms. The van der Waals surface area contributed by atoms with Gasteiger partial charge in [-0.05, 0) is 70.4 Å². The highest BCUT2D eigenvalue weighted by Crippen LogP contribution is 2.55. The Hall–Kier alpha value is -2.87. The van der Waals surface area contributed by atoms with Gasteiger partial charge in [-0.15, -0.1) is 0 Å². The first-order valence-electron chi connectivity index (χ1n) is 12.6. The van der Waals surface area contributed by atoms with Crippen molar-refractivity contribution < 1.29 is 4.79 Å². The van der Waals surface area contributed by atoms with E-state index in [4.69, 9.17) is 0 Å². The second-order valence-corrected chi connectivity index (χ2v) is 9.82. The first kappa shape index (κ1) is 27.4. The van der Waals surface area contributed by atoms with Gasteiger partial charge in [0.2, 0.25) is 5.91 Å². The molecule has 0 heterocycles. The zero-order valence-corrected chi connectivity index (χ0v) is 21.9. The van der Waals surface area contributed by atoms with E-state index >= 15 is 0 Å². The molecular formula is C32H43NO. The van der Waals surface area contributed by atoms with Crippen molar-refractivity contribution >= 4 is 23.2 Å². The summed E-state index contributed by atoms with van der Waals surface area (Å²) in [5.74, 6) is 0.830. The number of anilines is 1. The largest absolute Gasteiger partial charge is 0.325 e. The summed E-state index contributed by atoms with van der Waals surface area (Å²) in [6, 6.07) is 6.03. The molecule has 1 aromatic carbocycles. The van der Waals surface area contributed by atoms with Crippen LogP contribution < -0.4 is 5.32 Å². The fraction of sp³-hybridized carbons (Fsp3) is 0.406. The quantitative estimate of drug-likeness (QED) is 0.306. The number of hydrogen-bond acceptors (Lipinski definition) is 1. The summed E-state index contributed by atoms with van der Waals surface area (Å²) < 4.78 is 0. The topological polar surface area (TPSA) is 29.1 Å². The lowest BCUT2D eigenvalue weighted by molar-refractivity contribution is -0.118. The van der Waals surface area contributed by atoms with Gasteiger partial charge in [0.05, 0.1) is 0 Å². The number of fused-ring (bicyclic) bond motifs is 1.